The molecule has 0 bridgehead atoms. The number of primary amides is 1. The monoisotopic (exact) mass is 297 g/mol. The molecule has 0 spiro atoms. The Morgan fingerprint density at radius 1 is 1.10 bits per heavy atom. The van der Waals surface area contributed by atoms with Gasteiger partial charge in [-0.15, -0.1) is 0 Å². The fourth-order valence-electron chi connectivity index (χ4n) is 3.39. The Bertz CT molecular complexity index is 269. The molecule has 1 fully saturated rings. The van der Waals surface area contributed by atoms with Gasteiger partial charge < -0.3 is 10.6 Å². The lowest BCUT2D eigenvalue weighted by atomic mass is 9.91. The molecule has 1 amide bonds. The van der Waals surface area contributed by atoms with Gasteiger partial charge in [-0.2, -0.15) is 0 Å². The molecule has 0 atom stereocenters. The Balaban J connectivity index is 2.07. The third kappa shape index (κ3) is 8.42. The topological polar surface area (TPSA) is 49.6 Å². The van der Waals surface area contributed by atoms with Crippen molar-refractivity contribution >= 4 is 5.91 Å². The molecule has 1 aliphatic rings. The van der Waals surface area contributed by atoms with E-state index < -0.39 is 0 Å². The summed E-state index contributed by atoms with van der Waals surface area (Å²) in [7, 11) is 0. The van der Waals surface area contributed by atoms with Crippen LogP contribution in [0.5, 0.6) is 0 Å². The SMILES string of the molecule is CCCN(CCC)CCCCC1CCN(CC(N)=O)CC1. The number of amides is 1. The number of nitrogens with zero attached hydrogens (tertiary/aromatic N) is 2. The van der Waals surface area contributed by atoms with E-state index in [1.165, 1.54) is 64.6 Å². The number of unbranched alkanes of at least 4 members (excludes halogenated alkanes) is 1. The van der Waals surface area contributed by atoms with Crippen LogP contribution < -0.4 is 5.73 Å². The van der Waals surface area contributed by atoms with Gasteiger partial charge in [0.1, 0.15) is 0 Å². The van der Waals surface area contributed by atoms with Crippen LogP contribution in [0, 0.1) is 5.92 Å². The van der Waals surface area contributed by atoms with Crippen LogP contribution in [0.2, 0.25) is 0 Å². The van der Waals surface area contributed by atoms with Crippen molar-refractivity contribution in [3.05, 3.63) is 0 Å². The lowest BCUT2D eigenvalue weighted by Crippen LogP contribution is -2.39. The van der Waals surface area contributed by atoms with E-state index in [0.29, 0.717) is 6.54 Å². The number of piperidine rings is 1. The summed E-state index contributed by atoms with van der Waals surface area (Å²) in [6, 6.07) is 0. The van der Waals surface area contributed by atoms with Crippen molar-refractivity contribution in [3.8, 4) is 0 Å². The van der Waals surface area contributed by atoms with Gasteiger partial charge in [0, 0.05) is 0 Å². The highest BCUT2D eigenvalue weighted by atomic mass is 16.1. The molecule has 1 rings (SSSR count). The maximum Gasteiger partial charge on any atom is 0.231 e. The summed E-state index contributed by atoms with van der Waals surface area (Å²) >= 11 is 0. The van der Waals surface area contributed by atoms with E-state index in [2.05, 4.69) is 23.6 Å². The first-order valence-corrected chi connectivity index (χ1v) is 8.88. The van der Waals surface area contributed by atoms with Gasteiger partial charge in [-0.25, -0.2) is 0 Å². The molecule has 4 nitrogen and oxygen atoms in total. The van der Waals surface area contributed by atoms with Crippen molar-refractivity contribution < 1.29 is 4.79 Å². The molecule has 0 aliphatic carbocycles. The molecule has 0 aromatic heterocycles. The number of nitrogens with two attached hydrogens (primary N) is 1. The Morgan fingerprint density at radius 3 is 2.24 bits per heavy atom. The number of hydrogen-bond acceptors (Lipinski definition) is 3. The number of carbonyl (C=O) groups is 1. The van der Waals surface area contributed by atoms with E-state index in [-0.39, 0.29) is 5.91 Å². The highest BCUT2D eigenvalue weighted by Crippen LogP contribution is 2.22. The van der Waals surface area contributed by atoms with Crippen molar-refractivity contribution in [2.24, 2.45) is 11.7 Å². The maximum atomic E-state index is 10.9. The van der Waals surface area contributed by atoms with Gasteiger partial charge in [0.05, 0.1) is 6.54 Å². The second-order valence-corrected chi connectivity index (χ2v) is 6.52. The molecular formula is C17H35N3O. The van der Waals surface area contributed by atoms with Crippen molar-refractivity contribution in [1.29, 1.82) is 0 Å². The van der Waals surface area contributed by atoms with Gasteiger partial charge in [-0.05, 0) is 70.7 Å². The van der Waals surface area contributed by atoms with Crippen LogP contribution >= 0.6 is 0 Å². The Labute approximate surface area is 131 Å². The van der Waals surface area contributed by atoms with Crippen LogP contribution in [0.4, 0.5) is 0 Å². The zero-order valence-electron chi connectivity index (χ0n) is 14.1. The third-order valence-corrected chi connectivity index (χ3v) is 4.50. The average Bonchev–Trinajstić information content (AvgIpc) is 2.45. The van der Waals surface area contributed by atoms with E-state index in [1.807, 2.05) is 0 Å². The van der Waals surface area contributed by atoms with Crippen LogP contribution in [0.3, 0.4) is 0 Å². The molecule has 21 heavy (non-hydrogen) atoms. The number of likely N-dealkylation sites (tertiary alicyclic amines) is 1. The van der Waals surface area contributed by atoms with Crippen molar-refractivity contribution in [1.82, 2.24) is 9.80 Å². The fourth-order valence-corrected chi connectivity index (χ4v) is 3.39. The van der Waals surface area contributed by atoms with Crippen LogP contribution in [0.15, 0.2) is 0 Å². The molecule has 4 heteroatoms. The fraction of sp³-hybridized carbons (Fsp3) is 0.941. The minimum Gasteiger partial charge on any atom is -0.369 e. The van der Waals surface area contributed by atoms with Crippen molar-refractivity contribution in [3.63, 3.8) is 0 Å². The van der Waals surface area contributed by atoms with E-state index in [9.17, 15) is 4.79 Å². The predicted molar refractivity (Wildman–Crippen MR) is 89.2 cm³/mol. The maximum absolute atomic E-state index is 10.9. The highest BCUT2D eigenvalue weighted by molar-refractivity contribution is 5.75. The number of carbonyl (C=O) groups excluding carboxylic acids is 1. The minimum atomic E-state index is -0.194. The van der Waals surface area contributed by atoms with Crippen LogP contribution in [-0.2, 0) is 4.79 Å². The summed E-state index contributed by atoms with van der Waals surface area (Å²) in [6.45, 7) is 10.8. The first-order chi connectivity index (χ1) is 10.2. The van der Waals surface area contributed by atoms with E-state index in [0.717, 1.165) is 19.0 Å². The van der Waals surface area contributed by atoms with Gasteiger partial charge in [0.15, 0.2) is 0 Å². The smallest absolute Gasteiger partial charge is 0.231 e. The van der Waals surface area contributed by atoms with E-state index in [1.54, 1.807) is 0 Å². The third-order valence-electron chi connectivity index (χ3n) is 4.50. The quantitative estimate of drug-likeness (QED) is 0.596. The molecule has 2 N–H and O–H groups in total. The summed E-state index contributed by atoms with van der Waals surface area (Å²) in [4.78, 5) is 15.7. The second kappa shape index (κ2) is 11.0. The van der Waals surface area contributed by atoms with Crippen molar-refractivity contribution in [2.45, 2.75) is 58.8 Å². The number of hydrogen-bond donors (Lipinski definition) is 1. The van der Waals surface area contributed by atoms with Gasteiger partial charge in [-0.1, -0.05) is 26.7 Å². The minimum absolute atomic E-state index is 0.194. The highest BCUT2D eigenvalue weighted by Gasteiger charge is 2.19. The van der Waals surface area contributed by atoms with Gasteiger partial charge in [-0.3, -0.25) is 9.69 Å². The summed E-state index contributed by atoms with van der Waals surface area (Å²) in [5, 5.41) is 0. The normalized spacial score (nSPS) is 17.5. The number of rotatable bonds is 11. The summed E-state index contributed by atoms with van der Waals surface area (Å²) in [5.41, 5.74) is 5.25. The largest absolute Gasteiger partial charge is 0.369 e. The lowest BCUT2D eigenvalue weighted by Gasteiger charge is -2.31. The first-order valence-electron chi connectivity index (χ1n) is 8.88. The zero-order valence-corrected chi connectivity index (χ0v) is 14.1. The Kier molecular flexibility index (Phi) is 9.68. The molecule has 0 aromatic carbocycles. The summed E-state index contributed by atoms with van der Waals surface area (Å²) < 4.78 is 0. The first kappa shape index (κ1) is 18.4. The molecule has 0 saturated carbocycles. The average molecular weight is 297 g/mol. The second-order valence-electron chi connectivity index (χ2n) is 6.52. The summed E-state index contributed by atoms with van der Waals surface area (Å²) in [6.07, 6.45) is 9.04. The molecular weight excluding hydrogens is 262 g/mol. The molecule has 0 aromatic rings. The van der Waals surface area contributed by atoms with Gasteiger partial charge in [0.25, 0.3) is 0 Å². The Hall–Kier alpha value is -0.610. The molecule has 0 radical (unpaired) electrons. The zero-order chi connectivity index (χ0) is 15.5. The van der Waals surface area contributed by atoms with Gasteiger partial charge >= 0.3 is 0 Å². The van der Waals surface area contributed by atoms with Crippen LogP contribution in [0.1, 0.15) is 58.8 Å². The van der Waals surface area contributed by atoms with Crippen LogP contribution in [-0.4, -0.2) is 55.0 Å². The van der Waals surface area contributed by atoms with Gasteiger partial charge in [0.2, 0.25) is 5.91 Å². The molecule has 1 aliphatic heterocycles. The lowest BCUT2D eigenvalue weighted by molar-refractivity contribution is -0.119. The molecule has 124 valence electrons. The van der Waals surface area contributed by atoms with Crippen molar-refractivity contribution in [2.75, 3.05) is 39.3 Å². The predicted octanol–water partition coefficient (Wildman–Crippen LogP) is 2.48. The molecule has 0 unspecified atom stereocenters. The Morgan fingerprint density at radius 2 is 1.71 bits per heavy atom. The molecule has 1 heterocycles. The van der Waals surface area contributed by atoms with E-state index >= 15 is 0 Å². The van der Waals surface area contributed by atoms with E-state index in [4.69, 9.17) is 5.73 Å². The standard InChI is InChI=1S/C17H35N3O/c1-3-10-19(11-4-2)12-6-5-7-16-8-13-20(14-9-16)15-17(18)21/h16H,3-15H2,1-2H3,(H2,18,21). The summed E-state index contributed by atoms with van der Waals surface area (Å²) in [5.74, 6) is 0.667. The molecule has 1 saturated heterocycles. The van der Waals surface area contributed by atoms with Crippen LogP contribution in [0.25, 0.3) is 0 Å².